The van der Waals surface area contributed by atoms with Crippen molar-refractivity contribution in [2.45, 2.75) is 12.6 Å². The van der Waals surface area contributed by atoms with E-state index < -0.39 is 11.7 Å². The van der Waals surface area contributed by atoms with E-state index >= 15 is 0 Å². The Morgan fingerprint density at radius 1 is 1.21 bits per heavy atom. The Hall–Kier alpha value is -1.82. The Kier molecular flexibility index (Phi) is 3.90. The molecule has 0 aliphatic heterocycles. The average Bonchev–Trinajstić information content (AvgIpc) is 2.84. The van der Waals surface area contributed by atoms with Crippen molar-refractivity contribution in [1.82, 2.24) is 10.3 Å². The van der Waals surface area contributed by atoms with Gasteiger partial charge in [-0.05, 0) is 31.3 Å². The lowest BCUT2D eigenvalue weighted by atomic mass is 10.1. The highest BCUT2D eigenvalue weighted by atomic mass is 19.4. The van der Waals surface area contributed by atoms with Crippen LogP contribution in [0.5, 0.6) is 0 Å². The summed E-state index contributed by atoms with van der Waals surface area (Å²) in [6, 6.07) is 4.76. The number of rotatable bonds is 4. The van der Waals surface area contributed by atoms with E-state index in [1.807, 2.05) is 7.05 Å². The van der Waals surface area contributed by atoms with E-state index in [1.54, 1.807) is 6.20 Å². The highest BCUT2D eigenvalue weighted by Gasteiger charge is 2.30. The Morgan fingerprint density at radius 2 is 1.89 bits per heavy atom. The Morgan fingerprint density at radius 3 is 2.47 bits per heavy atom. The van der Waals surface area contributed by atoms with Gasteiger partial charge in [0.15, 0.2) is 0 Å². The molecule has 0 amide bonds. The van der Waals surface area contributed by atoms with Gasteiger partial charge < -0.3 is 9.73 Å². The molecule has 0 aliphatic rings. The van der Waals surface area contributed by atoms with E-state index in [9.17, 15) is 13.2 Å². The summed E-state index contributed by atoms with van der Waals surface area (Å²) in [6.07, 6.45) is -2.05. The molecule has 0 atom stereocenters. The minimum absolute atomic E-state index is 0.333. The van der Waals surface area contributed by atoms with Crippen molar-refractivity contribution in [3.63, 3.8) is 0 Å². The van der Waals surface area contributed by atoms with Crippen LogP contribution in [0.25, 0.3) is 11.5 Å². The number of halogens is 3. The van der Waals surface area contributed by atoms with Crippen molar-refractivity contribution in [3.8, 4) is 11.5 Å². The molecule has 2 rings (SSSR count). The molecule has 1 aromatic heterocycles. The quantitative estimate of drug-likeness (QED) is 0.927. The smallest absolute Gasteiger partial charge is 0.416 e. The molecule has 0 unspecified atom stereocenters. The number of alkyl halides is 3. The third kappa shape index (κ3) is 3.35. The molecule has 0 aliphatic carbocycles. The number of nitrogens with zero attached hydrogens (tertiary/aromatic N) is 1. The van der Waals surface area contributed by atoms with Gasteiger partial charge in [0.1, 0.15) is 5.76 Å². The third-order valence-corrected chi connectivity index (χ3v) is 2.63. The summed E-state index contributed by atoms with van der Waals surface area (Å²) in [5.41, 5.74) is -0.151. The maximum Gasteiger partial charge on any atom is 0.416 e. The molecule has 1 aromatic carbocycles. The van der Waals surface area contributed by atoms with Crippen molar-refractivity contribution in [1.29, 1.82) is 0 Å². The van der Waals surface area contributed by atoms with Crippen molar-refractivity contribution in [3.05, 3.63) is 41.8 Å². The number of hydrogen-bond acceptors (Lipinski definition) is 3. The Balaban J connectivity index is 2.16. The van der Waals surface area contributed by atoms with E-state index in [0.29, 0.717) is 23.6 Å². The fourth-order valence-electron chi connectivity index (χ4n) is 1.61. The molecule has 19 heavy (non-hydrogen) atoms. The van der Waals surface area contributed by atoms with Gasteiger partial charge in [-0.3, -0.25) is 0 Å². The summed E-state index contributed by atoms with van der Waals surface area (Å²) in [5, 5.41) is 2.98. The number of hydrogen-bond donors (Lipinski definition) is 1. The topological polar surface area (TPSA) is 38.1 Å². The van der Waals surface area contributed by atoms with Gasteiger partial charge in [0.2, 0.25) is 5.89 Å². The lowest BCUT2D eigenvalue weighted by Gasteiger charge is -2.06. The molecule has 1 heterocycles. The largest absolute Gasteiger partial charge is 0.441 e. The van der Waals surface area contributed by atoms with E-state index in [-0.39, 0.29) is 0 Å². The van der Waals surface area contributed by atoms with Gasteiger partial charge in [-0.2, -0.15) is 13.2 Å². The first kappa shape index (κ1) is 13.6. The second-order valence-electron chi connectivity index (χ2n) is 4.06. The van der Waals surface area contributed by atoms with Gasteiger partial charge in [0.25, 0.3) is 0 Å². The zero-order valence-corrected chi connectivity index (χ0v) is 10.3. The van der Waals surface area contributed by atoms with Crippen LogP contribution in [0.3, 0.4) is 0 Å². The number of likely N-dealkylation sites (N-methyl/N-ethyl adjacent to an activating group) is 1. The SMILES string of the molecule is CNCCc1cnc(-c2ccc(C(F)(F)F)cc2)o1. The normalized spacial score (nSPS) is 11.8. The molecule has 0 spiro atoms. The van der Waals surface area contributed by atoms with Crippen LogP contribution in [0, 0.1) is 0 Å². The zero-order chi connectivity index (χ0) is 13.9. The fourth-order valence-corrected chi connectivity index (χ4v) is 1.61. The second-order valence-corrected chi connectivity index (χ2v) is 4.06. The van der Waals surface area contributed by atoms with Gasteiger partial charge in [-0.1, -0.05) is 0 Å². The van der Waals surface area contributed by atoms with Crippen LogP contribution in [0.2, 0.25) is 0 Å². The van der Waals surface area contributed by atoms with E-state index in [4.69, 9.17) is 4.42 Å². The second kappa shape index (κ2) is 5.44. The lowest BCUT2D eigenvalue weighted by Crippen LogP contribution is -2.09. The molecule has 0 saturated carbocycles. The summed E-state index contributed by atoms with van der Waals surface area (Å²) >= 11 is 0. The molecule has 0 fully saturated rings. The maximum absolute atomic E-state index is 12.4. The molecule has 3 nitrogen and oxygen atoms in total. The van der Waals surface area contributed by atoms with Crippen molar-refractivity contribution < 1.29 is 17.6 Å². The highest BCUT2D eigenvalue weighted by Crippen LogP contribution is 2.30. The zero-order valence-electron chi connectivity index (χ0n) is 10.3. The van der Waals surface area contributed by atoms with Gasteiger partial charge in [-0.15, -0.1) is 0 Å². The first-order chi connectivity index (χ1) is 9.00. The predicted molar refractivity (Wildman–Crippen MR) is 64.6 cm³/mol. The van der Waals surface area contributed by atoms with Gasteiger partial charge >= 0.3 is 6.18 Å². The minimum atomic E-state index is -4.33. The molecule has 0 radical (unpaired) electrons. The van der Waals surface area contributed by atoms with Crippen molar-refractivity contribution in [2.24, 2.45) is 0 Å². The number of oxazole rings is 1. The summed E-state index contributed by atoms with van der Waals surface area (Å²) in [7, 11) is 1.83. The molecule has 2 aromatic rings. The molecule has 6 heteroatoms. The standard InChI is InChI=1S/C13H13F3N2O/c1-17-7-6-11-8-18-12(19-11)9-2-4-10(5-3-9)13(14,15)16/h2-5,8,17H,6-7H2,1H3. The van der Waals surface area contributed by atoms with Crippen LogP contribution in [0.15, 0.2) is 34.9 Å². The van der Waals surface area contributed by atoms with Crippen LogP contribution in [-0.2, 0) is 12.6 Å². The van der Waals surface area contributed by atoms with Gasteiger partial charge in [-0.25, -0.2) is 4.98 Å². The van der Waals surface area contributed by atoms with Crippen LogP contribution < -0.4 is 5.32 Å². The minimum Gasteiger partial charge on any atom is -0.441 e. The monoisotopic (exact) mass is 270 g/mol. The average molecular weight is 270 g/mol. The maximum atomic E-state index is 12.4. The van der Waals surface area contributed by atoms with Crippen LogP contribution >= 0.6 is 0 Å². The fraction of sp³-hybridized carbons (Fsp3) is 0.308. The lowest BCUT2D eigenvalue weighted by molar-refractivity contribution is -0.137. The van der Waals surface area contributed by atoms with Crippen LogP contribution in [0.1, 0.15) is 11.3 Å². The van der Waals surface area contributed by atoms with Crippen LogP contribution in [0.4, 0.5) is 13.2 Å². The van der Waals surface area contributed by atoms with Crippen LogP contribution in [-0.4, -0.2) is 18.6 Å². The van der Waals surface area contributed by atoms with Gasteiger partial charge in [0.05, 0.1) is 11.8 Å². The van der Waals surface area contributed by atoms with Crippen molar-refractivity contribution >= 4 is 0 Å². The highest BCUT2D eigenvalue weighted by molar-refractivity contribution is 5.53. The van der Waals surface area contributed by atoms with E-state index in [2.05, 4.69) is 10.3 Å². The number of benzene rings is 1. The summed E-state index contributed by atoms with van der Waals surface area (Å²) < 4.78 is 42.7. The summed E-state index contributed by atoms with van der Waals surface area (Å²) in [5.74, 6) is 1.03. The van der Waals surface area contributed by atoms with E-state index in [0.717, 1.165) is 18.7 Å². The predicted octanol–water partition coefficient (Wildman–Crippen LogP) is 3.12. The summed E-state index contributed by atoms with van der Waals surface area (Å²) in [6.45, 7) is 0.752. The molecular formula is C13H13F3N2O. The Bertz CT molecular complexity index is 532. The Labute approximate surface area is 108 Å². The molecule has 0 bridgehead atoms. The van der Waals surface area contributed by atoms with E-state index in [1.165, 1.54) is 12.1 Å². The summed E-state index contributed by atoms with van der Waals surface area (Å²) in [4.78, 5) is 4.06. The number of nitrogens with one attached hydrogen (secondary N) is 1. The number of aromatic nitrogens is 1. The van der Waals surface area contributed by atoms with Crippen molar-refractivity contribution in [2.75, 3.05) is 13.6 Å². The molecule has 1 N–H and O–H groups in total. The molecule has 0 saturated heterocycles. The van der Waals surface area contributed by atoms with Gasteiger partial charge in [0, 0.05) is 18.5 Å². The molecule has 102 valence electrons. The first-order valence-corrected chi connectivity index (χ1v) is 5.77. The molecular weight excluding hydrogens is 257 g/mol. The third-order valence-electron chi connectivity index (χ3n) is 2.63. The first-order valence-electron chi connectivity index (χ1n) is 5.77.